The summed E-state index contributed by atoms with van der Waals surface area (Å²) in [5.41, 5.74) is 6.29. The lowest BCUT2D eigenvalue weighted by atomic mass is 9.94. The average molecular weight is 318 g/mol. The van der Waals surface area contributed by atoms with E-state index >= 15 is 0 Å². The summed E-state index contributed by atoms with van der Waals surface area (Å²) in [6.07, 6.45) is 3.86. The number of nitrogens with zero attached hydrogens (tertiary/aromatic N) is 2. The zero-order valence-electron chi connectivity index (χ0n) is 14.5. The van der Waals surface area contributed by atoms with E-state index in [-0.39, 0.29) is 0 Å². The van der Waals surface area contributed by atoms with Crippen molar-refractivity contribution in [1.29, 1.82) is 0 Å². The molecule has 2 heterocycles. The molecular weight excluding hydrogens is 292 g/mol. The van der Waals surface area contributed by atoms with Crippen LogP contribution in [0.4, 0.5) is 11.4 Å². The molecule has 1 saturated heterocycles. The Balaban J connectivity index is 1.42. The quantitative estimate of drug-likeness (QED) is 0.829. The summed E-state index contributed by atoms with van der Waals surface area (Å²) in [5.74, 6) is 0.902. The molecule has 124 valence electrons. The number of likely N-dealkylation sites (tertiary alicyclic amines) is 1. The number of piperidine rings is 1. The van der Waals surface area contributed by atoms with E-state index in [0.29, 0.717) is 5.41 Å². The van der Waals surface area contributed by atoms with Crippen molar-refractivity contribution in [1.82, 2.24) is 4.90 Å². The first-order valence-electron chi connectivity index (χ1n) is 9.48. The highest BCUT2D eigenvalue weighted by Gasteiger charge is 2.60. The van der Waals surface area contributed by atoms with Gasteiger partial charge >= 0.3 is 0 Å². The van der Waals surface area contributed by atoms with E-state index in [0.717, 1.165) is 12.5 Å². The van der Waals surface area contributed by atoms with E-state index in [1.54, 1.807) is 5.56 Å². The third-order valence-corrected chi connectivity index (χ3v) is 6.53. The molecule has 2 fully saturated rings. The number of anilines is 2. The van der Waals surface area contributed by atoms with Crippen molar-refractivity contribution in [2.75, 3.05) is 31.1 Å². The van der Waals surface area contributed by atoms with Crippen molar-refractivity contribution < 1.29 is 0 Å². The maximum Gasteiger partial charge on any atom is 0.0443 e. The number of benzene rings is 2. The van der Waals surface area contributed by atoms with Crippen LogP contribution < -0.4 is 4.90 Å². The zero-order chi connectivity index (χ0) is 16.1. The summed E-state index contributed by atoms with van der Waals surface area (Å²) >= 11 is 0. The lowest BCUT2D eigenvalue weighted by Gasteiger charge is -2.31. The van der Waals surface area contributed by atoms with Crippen molar-refractivity contribution in [3.8, 4) is 0 Å². The topological polar surface area (TPSA) is 6.48 Å². The van der Waals surface area contributed by atoms with Crippen molar-refractivity contribution in [2.24, 2.45) is 5.92 Å². The van der Waals surface area contributed by atoms with E-state index in [1.807, 2.05) is 0 Å². The van der Waals surface area contributed by atoms with Crippen LogP contribution in [0.5, 0.6) is 0 Å². The third kappa shape index (κ3) is 2.12. The molecule has 1 aliphatic carbocycles. The molecule has 5 rings (SSSR count). The first-order chi connectivity index (χ1) is 11.8. The molecule has 0 spiro atoms. The fourth-order valence-electron chi connectivity index (χ4n) is 5.05. The van der Waals surface area contributed by atoms with Gasteiger partial charge in [-0.3, -0.25) is 0 Å². The molecule has 2 heteroatoms. The molecule has 2 aromatic carbocycles. The molecule has 2 aliphatic heterocycles. The maximum absolute atomic E-state index is 2.61. The smallest absolute Gasteiger partial charge is 0.0443 e. The van der Waals surface area contributed by atoms with E-state index in [1.165, 1.54) is 55.8 Å². The number of aryl methyl sites for hydroxylation is 1. The zero-order valence-corrected chi connectivity index (χ0v) is 14.5. The maximum atomic E-state index is 2.61. The minimum Gasteiger partial charge on any atom is -0.341 e. The Labute approximate surface area is 145 Å². The van der Waals surface area contributed by atoms with Gasteiger partial charge in [0.05, 0.1) is 0 Å². The van der Waals surface area contributed by atoms with Crippen LogP contribution in [0, 0.1) is 5.92 Å². The summed E-state index contributed by atoms with van der Waals surface area (Å²) < 4.78 is 0. The van der Waals surface area contributed by atoms with Crippen molar-refractivity contribution in [3.05, 3.63) is 59.7 Å². The van der Waals surface area contributed by atoms with E-state index in [9.17, 15) is 0 Å². The number of hydrogen-bond donors (Lipinski definition) is 0. The Hall–Kier alpha value is -1.80. The van der Waals surface area contributed by atoms with E-state index in [2.05, 4.69) is 65.3 Å². The number of likely N-dealkylation sites (N-methyl/N-ethyl adjacent to an activating group) is 1. The molecule has 0 aromatic heterocycles. The Morgan fingerprint density at radius 3 is 2.71 bits per heavy atom. The van der Waals surface area contributed by atoms with Gasteiger partial charge in [0.25, 0.3) is 0 Å². The molecule has 2 unspecified atom stereocenters. The highest BCUT2D eigenvalue weighted by atomic mass is 15.2. The van der Waals surface area contributed by atoms with Crippen molar-refractivity contribution in [3.63, 3.8) is 0 Å². The number of hydrogen-bond acceptors (Lipinski definition) is 2. The Morgan fingerprint density at radius 2 is 1.92 bits per heavy atom. The second-order valence-corrected chi connectivity index (χ2v) is 7.82. The van der Waals surface area contributed by atoms with E-state index < -0.39 is 0 Å². The molecule has 2 nitrogen and oxygen atoms in total. The third-order valence-electron chi connectivity index (χ3n) is 6.53. The van der Waals surface area contributed by atoms with Gasteiger partial charge < -0.3 is 9.80 Å². The van der Waals surface area contributed by atoms with Gasteiger partial charge in [-0.1, -0.05) is 37.3 Å². The first kappa shape index (κ1) is 14.5. The number of fused-ring (bicyclic) bond motifs is 2. The minimum absolute atomic E-state index is 0.481. The predicted molar refractivity (Wildman–Crippen MR) is 100 cm³/mol. The summed E-state index contributed by atoms with van der Waals surface area (Å²) in [6.45, 7) is 7.18. The summed E-state index contributed by atoms with van der Waals surface area (Å²) in [7, 11) is 0. The number of rotatable bonds is 3. The van der Waals surface area contributed by atoms with Crippen LogP contribution in [0.3, 0.4) is 0 Å². The van der Waals surface area contributed by atoms with Gasteiger partial charge in [-0.25, -0.2) is 0 Å². The predicted octanol–water partition coefficient (Wildman–Crippen LogP) is 4.36. The summed E-state index contributed by atoms with van der Waals surface area (Å²) in [6, 6.07) is 18.4. The lowest BCUT2D eigenvalue weighted by Crippen LogP contribution is -2.26. The molecule has 24 heavy (non-hydrogen) atoms. The van der Waals surface area contributed by atoms with Crippen LogP contribution >= 0.6 is 0 Å². The summed E-state index contributed by atoms with van der Waals surface area (Å²) in [5, 5.41) is 0. The van der Waals surface area contributed by atoms with Gasteiger partial charge in [0, 0.05) is 36.4 Å². The van der Waals surface area contributed by atoms with Gasteiger partial charge in [0.15, 0.2) is 0 Å². The molecule has 2 atom stereocenters. The van der Waals surface area contributed by atoms with Gasteiger partial charge in [0.2, 0.25) is 0 Å². The molecule has 2 aromatic rings. The largest absolute Gasteiger partial charge is 0.341 e. The Kier molecular flexibility index (Phi) is 3.24. The number of para-hydroxylation sites is 1. The monoisotopic (exact) mass is 318 g/mol. The molecule has 0 amide bonds. The highest BCUT2D eigenvalue weighted by Crippen LogP contribution is 2.59. The van der Waals surface area contributed by atoms with Crippen LogP contribution in [0.1, 0.15) is 30.9 Å². The lowest BCUT2D eigenvalue weighted by molar-refractivity contribution is 0.314. The fourth-order valence-corrected chi connectivity index (χ4v) is 5.05. The van der Waals surface area contributed by atoms with Gasteiger partial charge in [-0.15, -0.1) is 0 Å². The first-order valence-corrected chi connectivity index (χ1v) is 9.48. The second kappa shape index (κ2) is 5.35. The highest BCUT2D eigenvalue weighted by molar-refractivity contribution is 5.68. The van der Waals surface area contributed by atoms with Crippen molar-refractivity contribution in [2.45, 2.75) is 31.6 Å². The van der Waals surface area contributed by atoms with Crippen molar-refractivity contribution >= 4 is 11.4 Å². The SMILES string of the molecule is CCN1CC2CC2(c2ccc(N3CCCc4ccccc43)cc2)C1. The molecule has 0 radical (unpaired) electrons. The fraction of sp³-hybridized carbons (Fsp3) is 0.455. The van der Waals surface area contributed by atoms with Gasteiger partial charge in [-0.2, -0.15) is 0 Å². The normalized spacial score (nSPS) is 28.5. The van der Waals surface area contributed by atoms with Crippen LogP contribution in [0.25, 0.3) is 0 Å². The summed E-state index contributed by atoms with van der Waals surface area (Å²) in [4.78, 5) is 5.11. The van der Waals surface area contributed by atoms with Crippen LogP contribution in [-0.4, -0.2) is 31.1 Å². The molecule has 1 saturated carbocycles. The minimum atomic E-state index is 0.481. The molecule has 3 aliphatic rings. The molecular formula is C22H26N2. The van der Waals surface area contributed by atoms with Crippen LogP contribution in [0.2, 0.25) is 0 Å². The van der Waals surface area contributed by atoms with Crippen LogP contribution in [0.15, 0.2) is 48.5 Å². The Bertz CT molecular complexity index is 751. The van der Waals surface area contributed by atoms with Gasteiger partial charge in [-0.05, 0) is 61.1 Å². The van der Waals surface area contributed by atoms with E-state index in [4.69, 9.17) is 0 Å². The second-order valence-electron chi connectivity index (χ2n) is 7.82. The van der Waals surface area contributed by atoms with Crippen LogP contribution in [-0.2, 0) is 11.8 Å². The standard InChI is InChI=1S/C22H26N2/c1-2-23-15-19-14-22(19,16-23)18-9-11-20(12-10-18)24-13-5-7-17-6-3-4-8-21(17)24/h3-4,6,8-12,19H,2,5,7,13-16H2,1H3. The van der Waals surface area contributed by atoms with Gasteiger partial charge in [0.1, 0.15) is 0 Å². The average Bonchev–Trinajstić information content (AvgIpc) is 3.23. The molecule has 0 bridgehead atoms. The molecule has 0 N–H and O–H groups in total. The Morgan fingerprint density at radius 1 is 1.08 bits per heavy atom.